The molecule has 0 amide bonds. The Morgan fingerprint density at radius 1 is 0.919 bits per heavy atom. The van der Waals surface area contributed by atoms with Gasteiger partial charge in [-0.1, -0.05) is 35.9 Å². The van der Waals surface area contributed by atoms with Crippen LogP contribution in [0.15, 0.2) is 64.3 Å². The first-order valence-corrected chi connectivity index (χ1v) is 12.8. The number of esters is 2. The van der Waals surface area contributed by atoms with E-state index >= 15 is 0 Å². The molecule has 0 atom stereocenters. The van der Waals surface area contributed by atoms with Crippen molar-refractivity contribution in [3.05, 3.63) is 86.6 Å². The smallest absolute Gasteiger partial charge is 0.336 e. The number of para-hydroxylation sites is 1. The zero-order valence-electron chi connectivity index (χ0n) is 22.1. The number of benzene rings is 2. The number of aromatic nitrogens is 1. The van der Waals surface area contributed by atoms with Crippen LogP contribution in [0.1, 0.15) is 42.0 Å². The van der Waals surface area contributed by atoms with Gasteiger partial charge in [0.25, 0.3) is 0 Å². The van der Waals surface area contributed by atoms with Crippen LogP contribution in [0.3, 0.4) is 0 Å². The average Bonchev–Trinajstić information content (AvgIpc) is 3.30. The van der Waals surface area contributed by atoms with Crippen LogP contribution in [-0.4, -0.2) is 31.1 Å². The monoisotopic (exact) mass is 517 g/mol. The summed E-state index contributed by atoms with van der Waals surface area (Å²) in [6.07, 6.45) is 0. The van der Waals surface area contributed by atoms with Gasteiger partial charge < -0.3 is 20.1 Å². The molecule has 0 radical (unpaired) electrons. The van der Waals surface area contributed by atoms with E-state index in [1.54, 1.807) is 13.8 Å². The van der Waals surface area contributed by atoms with Crippen LogP contribution >= 0.6 is 11.3 Å². The van der Waals surface area contributed by atoms with Gasteiger partial charge in [-0.15, -0.1) is 11.3 Å². The lowest BCUT2D eigenvalue weighted by molar-refractivity contribution is -0.137. The highest BCUT2D eigenvalue weighted by Gasteiger charge is 2.38. The number of methoxy groups -OCH3 is 2. The van der Waals surface area contributed by atoms with Gasteiger partial charge in [0.2, 0.25) is 0 Å². The number of dihydropyridines is 1. The Hall–Kier alpha value is -3.91. The second-order valence-electron chi connectivity index (χ2n) is 9.14. The Kier molecular flexibility index (Phi) is 7.50. The van der Waals surface area contributed by atoms with E-state index in [-0.39, 0.29) is 0 Å². The number of anilines is 2. The summed E-state index contributed by atoms with van der Waals surface area (Å²) >= 11 is 1.50. The molecule has 2 heterocycles. The van der Waals surface area contributed by atoms with Gasteiger partial charge in [-0.3, -0.25) is 0 Å². The van der Waals surface area contributed by atoms with Crippen molar-refractivity contribution in [3.8, 4) is 11.3 Å². The molecular weight excluding hydrogens is 486 g/mol. The van der Waals surface area contributed by atoms with Crippen LogP contribution in [0, 0.1) is 20.8 Å². The Morgan fingerprint density at radius 3 is 2.05 bits per heavy atom. The van der Waals surface area contributed by atoms with E-state index in [1.807, 2.05) is 29.6 Å². The van der Waals surface area contributed by atoms with E-state index in [1.165, 1.54) is 42.2 Å². The SMILES string of the molecule is COC(=O)C1=C(C)NC(C)=C(C(=O)OC)C1c1ccccc1Nc1nc(-c2c(C)cc(C)cc2C)cs1. The normalized spacial score (nSPS) is 13.9. The first-order chi connectivity index (χ1) is 17.7. The molecule has 0 saturated heterocycles. The number of aryl methyl sites for hydroxylation is 3. The van der Waals surface area contributed by atoms with Crippen molar-refractivity contribution >= 4 is 34.1 Å². The van der Waals surface area contributed by atoms with Crippen molar-refractivity contribution < 1.29 is 19.1 Å². The predicted octanol–water partition coefficient (Wildman–Crippen LogP) is 6.06. The van der Waals surface area contributed by atoms with Crippen molar-refractivity contribution in [2.45, 2.75) is 40.5 Å². The summed E-state index contributed by atoms with van der Waals surface area (Å²) in [6, 6.07) is 11.9. The first-order valence-electron chi connectivity index (χ1n) is 11.9. The van der Waals surface area contributed by atoms with Crippen LogP contribution in [0.4, 0.5) is 10.8 Å². The van der Waals surface area contributed by atoms with Crippen molar-refractivity contribution in [3.63, 3.8) is 0 Å². The molecule has 1 aliphatic heterocycles. The average molecular weight is 518 g/mol. The van der Waals surface area contributed by atoms with Gasteiger partial charge in [0.05, 0.1) is 37.0 Å². The minimum atomic E-state index is -0.689. The van der Waals surface area contributed by atoms with Crippen LogP contribution < -0.4 is 10.6 Å². The Labute approximate surface area is 221 Å². The van der Waals surface area contributed by atoms with Crippen molar-refractivity contribution in [1.29, 1.82) is 0 Å². The third kappa shape index (κ3) is 5.02. The maximum Gasteiger partial charge on any atom is 0.336 e. The highest BCUT2D eigenvalue weighted by atomic mass is 32.1. The molecule has 4 rings (SSSR count). The zero-order valence-corrected chi connectivity index (χ0v) is 22.9. The van der Waals surface area contributed by atoms with Gasteiger partial charge >= 0.3 is 11.9 Å². The lowest BCUT2D eigenvalue weighted by Gasteiger charge is -2.31. The van der Waals surface area contributed by atoms with Crippen LogP contribution in [-0.2, 0) is 19.1 Å². The standard InChI is InChI=1S/C29H31N3O4S/c1-15-12-16(2)23(17(3)13-15)22-14-37-29(32-22)31-21-11-9-8-10-20(21)26-24(27(33)35-6)18(4)30-19(5)25(26)28(34)36-7/h8-14,26,30H,1-7H3,(H,31,32). The Bertz CT molecular complexity index is 1390. The number of rotatable bonds is 6. The highest BCUT2D eigenvalue weighted by Crippen LogP contribution is 2.43. The number of allylic oxidation sites excluding steroid dienone is 2. The van der Waals surface area contributed by atoms with Gasteiger partial charge in [0.1, 0.15) is 0 Å². The van der Waals surface area contributed by atoms with Crippen molar-refractivity contribution in [2.75, 3.05) is 19.5 Å². The molecule has 0 unspecified atom stereocenters. The second kappa shape index (κ2) is 10.6. The minimum absolute atomic E-state index is 0.355. The number of ether oxygens (including phenoxy) is 2. The highest BCUT2D eigenvalue weighted by molar-refractivity contribution is 7.14. The van der Waals surface area contributed by atoms with E-state index in [2.05, 4.69) is 43.5 Å². The van der Waals surface area contributed by atoms with Gasteiger partial charge in [-0.2, -0.15) is 0 Å². The molecule has 2 aromatic carbocycles. The van der Waals surface area contributed by atoms with Gasteiger partial charge in [-0.25, -0.2) is 14.6 Å². The zero-order chi connectivity index (χ0) is 26.9. The van der Waals surface area contributed by atoms with Gasteiger partial charge in [0, 0.05) is 28.0 Å². The van der Waals surface area contributed by atoms with Crippen LogP contribution in [0.25, 0.3) is 11.3 Å². The molecule has 0 aliphatic carbocycles. The van der Waals surface area contributed by atoms with E-state index in [0.29, 0.717) is 27.7 Å². The summed E-state index contributed by atoms with van der Waals surface area (Å²) in [4.78, 5) is 30.7. The number of hydrogen-bond acceptors (Lipinski definition) is 8. The second-order valence-corrected chi connectivity index (χ2v) is 10.0. The summed E-state index contributed by atoms with van der Waals surface area (Å²) in [6.45, 7) is 9.88. The fourth-order valence-electron chi connectivity index (χ4n) is 5.07. The fraction of sp³-hybridized carbons (Fsp3) is 0.276. The summed E-state index contributed by atoms with van der Waals surface area (Å²) in [5.41, 5.74) is 9.03. The third-order valence-electron chi connectivity index (χ3n) is 6.52. The van der Waals surface area contributed by atoms with Crippen molar-refractivity contribution in [1.82, 2.24) is 10.3 Å². The predicted molar refractivity (Wildman–Crippen MR) is 147 cm³/mol. The quantitative estimate of drug-likeness (QED) is 0.384. The molecule has 0 saturated carbocycles. The van der Waals surface area contributed by atoms with Crippen LogP contribution in [0.2, 0.25) is 0 Å². The first kappa shape index (κ1) is 26.2. The molecule has 0 fully saturated rings. The maximum atomic E-state index is 12.9. The number of nitrogens with zero attached hydrogens (tertiary/aromatic N) is 1. The molecule has 0 spiro atoms. The maximum absolute atomic E-state index is 12.9. The number of nitrogens with one attached hydrogen (secondary N) is 2. The number of carbonyl (C=O) groups excluding carboxylic acids is 2. The molecule has 192 valence electrons. The molecule has 2 N–H and O–H groups in total. The number of hydrogen-bond donors (Lipinski definition) is 2. The van der Waals surface area contributed by atoms with Gasteiger partial charge in [0.15, 0.2) is 5.13 Å². The molecule has 37 heavy (non-hydrogen) atoms. The number of thiazole rings is 1. The molecule has 7 nitrogen and oxygen atoms in total. The molecule has 1 aliphatic rings. The largest absolute Gasteiger partial charge is 0.466 e. The fourth-order valence-corrected chi connectivity index (χ4v) is 5.79. The van der Waals surface area contributed by atoms with E-state index in [9.17, 15) is 9.59 Å². The summed E-state index contributed by atoms with van der Waals surface area (Å²) < 4.78 is 10.2. The molecule has 3 aromatic rings. The molecule has 0 bridgehead atoms. The molecule has 8 heteroatoms. The summed E-state index contributed by atoms with van der Waals surface area (Å²) in [5.74, 6) is -1.72. The Balaban J connectivity index is 1.79. The molecular formula is C29H31N3O4S. The van der Waals surface area contributed by atoms with E-state index < -0.39 is 17.9 Å². The number of carbonyl (C=O) groups is 2. The minimum Gasteiger partial charge on any atom is -0.466 e. The summed E-state index contributed by atoms with van der Waals surface area (Å²) in [5, 5.41) is 9.31. The van der Waals surface area contributed by atoms with Crippen molar-refractivity contribution in [2.24, 2.45) is 0 Å². The lowest BCUT2D eigenvalue weighted by atomic mass is 9.79. The van der Waals surface area contributed by atoms with E-state index in [0.717, 1.165) is 22.5 Å². The Morgan fingerprint density at radius 2 is 1.49 bits per heavy atom. The third-order valence-corrected chi connectivity index (χ3v) is 7.28. The van der Waals surface area contributed by atoms with Crippen LogP contribution in [0.5, 0.6) is 0 Å². The summed E-state index contributed by atoms with van der Waals surface area (Å²) in [7, 11) is 2.66. The topological polar surface area (TPSA) is 89.5 Å². The lowest BCUT2D eigenvalue weighted by Crippen LogP contribution is -2.32. The van der Waals surface area contributed by atoms with E-state index in [4.69, 9.17) is 14.5 Å². The van der Waals surface area contributed by atoms with Gasteiger partial charge in [-0.05, 0) is 57.4 Å². The molecule has 1 aromatic heterocycles.